The van der Waals surface area contributed by atoms with Crippen molar-refractivity contribution < 1.29 is 9.59 Å². The number of likely N-dealkylation sites (N-methyl/N-ethyl adjacent to an activating group) is 1. The quantitative estimate of drug-likeness (QED) is 0.345. The van der Waals surface area contributed by atoms with Gasteiger partial charge in [-0.25, -0.2) is 0 Å². The topological polar surface area (TPSA) is 76.0 Å². The van der Waals surface area contributed by atoms with Gasteiger partial charge in [0.25, 0.3) is 5.91 Å². The van der Waals surface area contributed by atoms with Gasteiger partial charge in [0, 0.05) is 23.5 Å². The second-order valence-electron chi connectivity index (χ2n) is 8.40. The molecule has 2 amide bonds. The summed E-state index contributed by atoms with van der Waals surface area (Å²) in [4.78, 5) is 26.1. The zero-order valence-corrected chi connectivity index (χ0v) is 21.2. The molecule has 2 N–H and O–H groups in total. The van der Waals surface area contributed by atoms with E-state index in [0.717, 1.165) is 26.7 Å². The highest BCUT2D eigenvalue weighted by atomic mass is 79.9. The average molecular weight is 531 g/mol. The van der Waals surface area contributed by atoms with E-state index < -0.39 is 6.04 Å². The van der Waals surface area contributed by atoms with Crippen LogP contribution in [-0.4, -0.2) is 34.7 Å². The first-order chi connectivity index (χ1) is 16.9. The van der Waals surface area contributed by atoms with E-state index in [1.54, 1.807) is 17.8 Å². The molecule has 1 aromatic heterocycles. The molecule has 178 valence electrons. The van der Waals surface area contributed by atoms with E-state index in [1.165, 1.54) is 0 Å². The van der Waals surface area contributed by atoms with Crippen molar-refractivity contribution in [1.29, 1.82) is 0 Å². The molecule has 0 saturated carbocycles. The molecule has 0 aliphatic rings. The molecular weight excluding hydrogens is 504 g/mol. The Kier molecular flexibility index (Phi) is 7.77. The van der Waals surface area contributed by atoms with E-state index in [9.17, 15) is 9.59 Å². The molecule has 6 nitrogen and oxygen atoms in total. The van der Waals surface area contributed by atoms with E-state index in [-0.39, 0.29) is 11.8 Å². The molecule has 0 fully saturated rings. The Balaban J connectivity index is 1.66. The van der Waals surface area contributed by atoms with Gasteiger partial charge in [0.05, 0.1) is 12.2 Å². The summed E-state index contributed by atoms with van der Waals surface area (Å²) in [5, 5.41) is 10.3. The second-order valence-corrected chi connectivity index (χ2v) is 9.32. The molecule has 0 radical (unpaired) electrons. The van der Waals surface area contributed by atoms with E-state index in [4.69, 9.17) is 5.10 Å². The number of halogens is 1. The lowest BCUT2D eigenvalue weighted by Crippen LogP contribution is -2.47. The first kappa shape index (κ1) is 24.4. The number of carbonyl (C=O) groups is 2. The normalized spacial score (nSPS) is 11.6. The van der Waals surface area contributed by atoms with Crippen LogP contribution in [0.15, 0.2) is 89.4 Å². The summed E-state index contributed by atoms with van der Waals surface area (Å²) in [5.74, 6) is -0.609. The molecule has 7 heteroatoms. The van der Waals surface area contributed by atoms with Gasteiger partial charge in [-0.15, -0.1) is 0 Å². The zero-order chi connectivity index (χ0) is 24.8. The van der Waals surface area contributed by atoms with Crippen molar-refractivity contribution in [3.8, 4) is 11.3 Å². The van der Waals surface area contributed by atoms with Gasteiger partial charge >= 0.3 is 0 Å². The van der Waals surface area contributed by atoms with Crippen LogP contribution in [0, 0.1) is 6.92 Å². The van der Waals surface area contributed by atoms with Gasteiger partial charge in [0.2, 0.25) is 5.91 Å². The summed E-state index contributed by atoms with van der Waals surface area (Å²) >= 11 is 3.47. The van der Waals surface area contributed by atoms with Gasteiger partial charge in [-0.1, -0.05) is 82.2 Å². The van der Waals surface area contributed by atoms with Crippen molar-refractivity contribution >= 4 is 27.7 Å². The van der Waals surface area contributed by atoms with E-state index in [0.29, 0.717) is 24.4 Å². The van der Waals surface area contributed by atoms with Crippen LogP contribution in [-0.2, 0) is 17.8 Å². The fourth-order valence-electron chi connectivity index (χ4n) is 3.94. The van der Waals surface area contributed by atoms with E-state index in [2.05, 4.69) is 26.6 Å². The summed E-state index contributed by atoms with van der Waals surface area (Å²) in [6, 6.07) is 26.6. The Morgan fingerprint density at radius 1 is 0.943 bits per heavy atom. The van der Waals surface area contributed by atoms with Gasteiger partial charge in [-0.3, -0.25) is 14.3 Å². The first-order valence-corrected chi connectivity index (χ1v) is 12.2. The third kappa shape index (κ3) is 6.25. The molecule has 1 unspecified atom stereocenters. The molecule has 0 spiro atoms. The molecule has 3 aromatic carbocycles. The highest BCUT2D eigenvalue weighted by molar-refractivity contribution is 9.10. The van der Waals surface area contributed by atoms with Crippen LogP contribution in [0.2, 0.25) is 0 Å². The number of nitrogens with one attached hydrogen (secondary N) is 2. The number of amides is 2. The third-order valence-corrected chi connectivity index (χ3v) is 6.19. The van der Waals surface area contributed by atoms with E-state index >= 15 is 0 Å². The van der Waals surface area contributed by atoms with Crippen LogP contribution in [0.3, 0.4) is 0 Å². The molecular formula is C28H27BrN4O2. The fourth-order valence-corrected chi connectivity index (χ4v) is 4.38. The first-order valence-electron chi connectivity index (χ1n) is 11.4. The van der Waals surface area contributed by atoms with Gasteiger partial charge in [-0.2, -0.15) is 5.10 Å². The lowest BCUT2D eigenvalue weighted by molar-refractivity contribution is -0.122. The van der Waals surface area contributed by atoms with Gasteiger partial charge in [0.15, 0.2) is 0 Å². The van der Waals surface area contributed by atoms with Crippen molar-refractivity contribution in [2.24, 2.45) is 0 Å². The maximum atomic E-state index is 13.5. The van der Waals surface area contributed by atoms with Crippen molar-refractivity contribution in [1.82, 2.24) is 20.4 Å². The predicted octanol–water partition coefficient (Wildman–Crippen LogP) is 4.76. The molecule has 4 rings (SSSR count). The second kappa shape index (κ2) is 11.1. The van der Waals surface area contributed by atoms with Crippen LogP contribution < -0.4 is 10.6 Å². The Morgan fingerprint density at radius 3 is 2.40 bits per heavy atom. The minimum absolute atomic E-state index is 0.258. The number of nitrogens with zero attached hydrogens (tertiary/aromatic N) is 2. The number of benzene rings is 3. The van der Waals surface area contributed by atoms with Crippen molar-refractivity contribution in [2.75, 3.05) is 7.05 Å². The summed E-state index contributed by atoms with van der Waals surface area (Å²) in [5.41, 5.74) is 5.11. The molecule has 0 saturated heterocycles. The number of hydrogen-bond acceptors (Lipinski definition) is 3. The summed E-state index contributed by atoms with van der Waals surface area (Å²) < 4.78 is 2.61. The van der Waals surface area contributed by atoms with Crippen molar-refractivity contribution in [3.63, 3.8) is 0 Å². The smallest absolute Gasteiger partial charge is 0.270 e. The predicted molar refractivity (Wildman–Crippen MR) is 141 cm³/mol. The van der Waals surface area contributed by atoms with Crippen LogP contribution in [0.4, 0.5) is 0 Å². The SMILES string of the molecule is CNC(=O)C(Cc1cccc(Br)c1)NC(=O)c1cc(-c2cccc(C)c2)nn1Cc1ccccc1. The minimum Gasteiger partial charge on any atom is -0.357 e. The maximum Gasteiger partial charge on any atom is 0.270 e. The minimum atomic E-state index is -0.732. The molecule has 35 heavy (non-hydrogen) atoms. The van der Waals surface area contributed by atoms with Crippen LogP contribution in [0.1, 0.15) is 27.2 Å². The van der Waals surface area contributed by atoms with E-state index in [1.807, 2.05) is 85.8 Å². The Bertz CT molecular complexity index is 1330. The maximum absolute atomic E-state index is 13.5. The van der Waals surface area contributed by atoms with Crippen molar-refractivity contribution in [2.45, 2.75) is 25.9 Å². The van der Waals surface area contributed by atoms with Crippen LogP contribution in [0.5, 0.6) is 0 Å². The number of carbonyl (C=O) groups excluding carboxylic acids is 2. The van der Waals surface area contributed by atoms with Gasteiger partial charge < -0.3 is 10.6 Å². The largest absolute Gasteiger partial charge is 0.357 e. The number of rotatable bonds is 8. The number of aryl methyl sites for hydroxylation is 1. The number of aromatic nitrogens is 2. The average Bonchev–Trinajstić information content (AvgIpc) is 3.27. The molecule has 4 aromatic rings. The molecule has 0 aliphatic heterocycles. The van der Waals surface area contributed by atoms with Crippen molar-refractivity contribution in [3.05, 3.63) is 112 Å². The monoisotopic (exact) mass is 530 g/mol. The lowest BCUT2D eigenvalue weighted by Gasteiger charge is -2.18. The Hall–Kier alpha value is -3.71. The molecule has 1 atom stereocenters. The summed E-state index contributed by atoms with van der Waals surface area (Å²) in [6.07, 6.45) is 0.364. The standard InChI is InChI=1S/C28H27BrN4O2/c1-19-8-6-12-22(14-19)24-17-26(33(32-24)18-20-9-4-3-5-10-20)28(35)31-25(27(34)30-2)16-21-11-7-13-23(29)15-21/h3-15,17,25H,16,18H2,1-2H3,(H,30,34)(H,31,35). The Labute approximate surface area is 213 Å². The highest BCUT2D eigenvalue weighted by Gasteiger charge is 2.24. The molecule has 0 aliphatic carbocycles. The zero-order valence-electron chi connectivity index (χ0n) is 19.7. The molecule has 0 bridgehead atoms. The van der Waals surface area contributed by atoms with Crippen LogP contribution in [0.25, 0.3) is 11.3 Å². The summed E-state index contributed by atoms with van der Waals surface area (Å²) in [6.45, 7) is 2.46. The van der Waals surface area contributed by atoms with Gasteiger partial charge in [-0.05, 0) is 42.3 Å². The Morgan fingerprint density at radius 2 is 1.69 bits per heavy atom. The summed E-state index contributed by atoms with van der Waals surface area (Å²) in [7, 11) is 1.57. The number of hydrogen-bond donors (Lipinski definition) is 2. The van der Waals surface area contributed by atoms with Gasteiger partial charge in [0.1, 0.15) is 11.7 Å². The lowest BCUT2D eigenvalue weighted by atomic mass is 10.0. The molecule has 1 heterocycles. The fraction of sp³-hybridized carbons (Fsp3) is 0.179. The van der Waals surface area contributed by atoms with Crippen LogP contribution >= 0.6 is 15.9 Å². The third-order valence-electron chi connectivity index (χ3n) is 5.70. The highest BCUT2D eigenvalue weighted by Crippen LogP contribution is 2.22.